The van der Waals surface area contributed by atoms with E-state index in [4.69, 9.17) is 23.2 Å². The summed E-state index contributed by atoms with van der Waals surface area (Å²) in [5, 5.41) is 7.76. The molecule has 1 N–H and O–H groups in total. The Hall–Kier alpha value is -1.63. The van der Waals surface area contributed by atoms with Crippen LogP contribution in [0, 0.1) is 0 Å². The summed E-state index contributed by atoms with van der Waals surface area (Å²) in [7, 11) is 0. The molecule has 0 aliphatic rings. The lowest BCUT2D eigenvalue weighted by atomic mass is 10.3. The smallest absolute Gasteiger partial charge is 0.292 e. The number of anilines is 1. The lowest BCUT2D eigenvalue weighted by Crippen LogP contribution is -2.24. The van der Waals surface area contributed by atoms with E-state index < -0.39 is 0 Å². The number of rotatable bonds is 2. The Balaban J connectivity index is 1.97. The quantitative estimate of drug-likeness (QED) is 0.786. The van der Waals surface area contributed by atoms with Crippen molar-refractivity contribution in [3.8, 4) is 0 Å². The van der Waals surface area contributed by atoms with E-state index >= 15 is 0 Å². The van der Waals surface area contributed by atoms with Gasteiger partial charge in [0.2, 0.25) is 4.96 Å². The third kappa shape index (κ3) is 2.30. The summed E-state index contributed by atoms with van der Waals surface area (Å²) in [5.41, 5.74) is 0.540. The van der Waals surface area contributed by atoms with Gasteiger partial charge in [-0.25, -0.2) is 4.98 Å². The number of halogens is 2. The van der Waals surface area contributed by atoms with Crippen LogP contribution in [0.5, 0.6) is 0 Å². The van der Waals surface area contributed by atoms with Gasteiger partial charge in [0.25, 0.3) is 5.56 Å². The zero-order chi connectivity index (χ0) is 13.4. The van der Waals surface area contributed by atoms with Gasteiger partial charge in [0.1, 0.15) is 10.9 Å². The zero-order valence-electron chi connectivity index (χ0n) is 9.30. The lowest BCUT2D eigenvalue weighted by Gasteiger charge is -2.01. The van der Waals surface area contributed by atoms with E-state index in [0.29, 0.717) is 19.5 Å². The first-order valence-electron chi connectivity index (χ1n) is 5.19. The molecule has 0 spiro atoms. The van der Waals surface area contributed by atoms with Crippen molar-refractivity contribution in [3.63, 3.8) is 0 Å². The first-order chi connectivity index (χ1) is 9.15. The molecule has 8 heteroatoms. The third-order valence-corrected chi connectivity index (χ3v) is 4.12. The maximum absolute atomic E-state index is 11.9. The minimum atomic E-state index is -0.204. The van der Waals surface area contributed by atoms with Gasteiger partial charge in [0, 0.05) is 11.9 Å². The van der Waals surface area contributed by atoms with Crippen molar-refractivity contribution < 1.29 is 0 Å². The van der Waals surface area contributed by atoms with Gasteiger partial charge in [-0.2, -0.15) is 9.61 Å². The second-order valence-electron chi connectivity index (χ2n) is 3.64. The second-order valence-corrected chi connectivity index (χ2v) is 5.47. The van der Waals surface area contributed by atoms with E-state index in [1.165, 1.54) is 22.2 Å². The topological polar surface area (TPSA) is 59.3 Å². The van der Waals surface area contributed by atoms with E-state index in [1.54, 1.807) is 24.4 Å². The number of hydrogen-bond acceptors (Lipinski definition) is 5. The van der Waals surface area contributed by atoms with E-state index in [9.17, 15) is 4.79 Å². The molecule has 2 aromatic heterocycles. The summed E-state index contributed by atoms with van der Waals surface area (Å²) < 4.78 is 1.77. The van der Waals surface area contributed by atoms with Crippen molar-refractivity contribution in [2.24, 2.45) is 0 Å². The summed E-state index contributed by atoms with van der Waals surface area (Å²) in [4.78, 5) is 16.4. The van der Waals surface area contributed by atoms with Crippen LogP contribution in [0.3, 0.4) is 0 Å². The maximum Gasteiger partial charge on any atom is 0.292 e. The predicted octanol–water partition coefficient (Wildman–Crippen LogP) is 2.03. The highest BCUT2D eigenvalue weighted by molar-refractivity contribution is 7.15. The van der Waals surface area contributed by atoms with Gasteiger partial charge in [-0.1, -0.05) is 34.5 Å². The molecule has 0 bridgehead atoms. The Morgan fingerprint density at radius 1 is 1.32 bits per heavy atom. The van der Waals surface area contributed by atoms with Crippen LogP contribution >= 0.6 is 34.5 Å². The minimum Gasteiger partial charge on any atom is -0.360 e. The third-order valence-electron chi connectivity index (χ3n) is 2.41. The molecule has 96 valence electrons. The molecule has 0 fully saturated rings. The van der Waals surface area contributed by atoms with Gasteiger partial charge in [0.15, 0.2) is 0 Å². The summed E-state index contributed by atoms with van der Waals surface area (Å²) in [6, 6.07) is 5.13. The lowest BCUT2D eigenvalue weighted by molar-refractivity contribution is 0.932. The van der Waals surface area contributed by atoms with Crippen molar-refractivity contribution >= 4 is 51.4 Å². The number of hydrogen-bond donors (Lipinski definition) is 1. The average molecular weight is 313 g/mol. The molecule has 0 aliphatic carbocycles. The van der Waals surface area contributed by atoms with Crippen LogP contribution < -0.4 is 15.4 Å². The Labute approximate surface area is 121 Å². The van der Waals surface area contributed by atoms with Crippen molar-refractivity contribution in [2.45, 2.75) is 0 Å². The molecule has 0 atom stereocenters. The fraction of sp³-hybridized carbons (Fsp3) is 0. The van der Waals surface area contributed by atoms with Crippen LogP contribution in [-0.4, -0.2) is 14.6 Å². The Morgan fingerprint density at radius 3 is 2.89 bits per heavy atom. The number of fused-ring (bicyclic) bond motifs is 1. The van der Waals surface area contributed by atoms with Crippen molar-refractivity contribution in [1.82, 2.24) is 14.6 Å². The Morgan fingerprint density at radius 2 is 2.16 bits per heavy atom. The molecule has 3 rings (SSSR count). The number of nitrogens with one attached hydrogen (secondary N) is 1. The molecule has 3 aromatic rings. The minimum absolute atomic E-state index is 0.204. The monoisotopic (exact) mass is 312 g/mol. The molecule has 5 nitrogen and oxygen atoms in total. The summed E-state index contributed by atoms with van der Waals surface area (Å²) in [6.07, 6.45) is 2.95. The summed E-state index contributed by atoms with van der Waals surface area (Å²) >= 11 is 13.0. The summed E-state index contributed by atoms with van der Waals surface area (Å²) in [6.45, 7) is 0. The number of aromatic nitrogens is 3. The average Bonchev–Trinajstić information content (AvgIpc) is 2.95. The molecule has 0 saturated carbocycles. The largest absolute Gasteiger partial charge is 0.360 e. The van der Waals surface area contributed by atoms with Gasteiger partial charge in [0.05, 0.1) is 10.0 Å². The molecule has 1 aromatic carbocycles. The number of benzene rings is 1. The zero-order valence-corrected chi connectivity index (χ0v) is 11.6. The molecule has 0 amide bonds. The normalized spacial score (nSPS) is 12.2. The summed E-state index contributed by atoms with van der Waals surface area (Å²) in [5.74, 6) is 0. The van der Waals surface area contributed by atoms with E-state index in [0.717, 1.165) is 5.69 Å². The van der Waals surface area contributed by atoms with Crippen molar-refractivity contribution in [1.29, 1.82) is 0 Å². The van der Waals surface area contributed by atoms with E-state index in [-0.39, 0.29) is 5.56 Å². The van der Waals surface area contributed by atoms with Crippen molar-refractivity contribution in [2.75, 3.05) is 5.32 Å². The number of thiazole rings is 1. The highest BCUT2D eigenvalue weighted by Crippen LogP contribution is 2.24. The molecular formula is C11H6Cl2N4OS. The highest BCUT2D eigenvalue weighted by atomic mass is 35.5. The Bertz CT molecular complexity index is 857. The first kappa shape index (κ1) is 12.4. The van der Waals surface area contributed by atoms with Crippen LogP contribution in [0.25, 0.3) is 11.2 Å². The maximum atomic E-state index is 11.9. The molecule has 0 radical (unpaired) electrons. The van der Waals surface area contributed by atoms with Crippen LogP contribution in [-0.2, 0) is 0 Å². The second kappa shape index (κ2) is 4.80. The molecule has 0 unspecified atom stereocenters. The van der Waals surface area contributed by atoms with Gasteiger partial charge in [-0.3, -0.25) is 4.79 Å². The van der Waals surface area contributed by atoms with E-state index in [2.05, 4.69) is 15.4 Å². The van der Waals surface area contributed by atoms with Gasteiger partial charge in [-0.15, -0.1) is 0 Å². The van der Waals surface area contributed by atoms with Crippen LogP contribution in [0.15, 0.2) is 29.3 Å². The van der Waals surface area contributed by atoms with Gasteiger partial charge in [-0.05, 0) is 18.2 Å². The first-order valence-corrected chi connectivity index (χ1v) is 6.77. The molecule has 0 saturated heterocycles. The van der Waals surface area contributed by atoms with Gasteiger partial charge >= 0.3 is 0 Å². The van der Waals surface area contributed by atoms with Gasteiger partial charge < -0.3 is 5.32 Å². The molecule has 2 heterocycles. The fourth-order valence-corrected chi connectivity index (χ4v) is 2.61. The highest BCUT2D eigenvalue weighted by Gasteiger charge is 2.04. The molecule has 0 aliphatic heterocycles. The SMILES string of the molecule is O=c1/c(=C/Nc2ccc(Cl)c(Cl)c2)sc2ncnn12. The van der Waals surface area contributed by atoms with Crippen molar-refractivity contribution in [3.05, 3.63) is 49.5 Å². The molecule has 19 heavy (non-hydrogen) atoms. The van der Waals surface area contributed by atoms with Crippen LogP contribution in [0.2, 0.25) is 10.0 Å². The van der Waals surface area contributed by atoms with Crippen LogP contribution in [0.1, 0.15) is 0 Å². The van der Waals surface area contributed by atoms with Crippen LogP contribution in [0.4, 0.5) is 5.69 Å². The predicted molar refractivity (Wildman–Crippen MR) is 76.9 cm³/mol. The fourth-order valence-electron chi connectivity index (χ4n) is 1.51. The standard InChI is InChI=1S/C11H6Cl2N4OS/c12-7-2-1-6(3-8(7)13)14-4-9-10(18)17-11(19-9)15-5-16-17/h1-5,14H/b9-4-. The number of nitrogens with zero attached hydrogens (tertiary/aromatic N) is 3. The van der Waals surface area contributed by atoms with E-state index in [1.807, 2.05) is 0 Å². The molecular weight excluding hydrogens is 307 g/mol. The Kier molecular flexibility index (Phi) is 3.14.